The van der Waals surface area contributed by atoms with Crippen LogP contribution in [0, 0.1) is 11.6 Å². The lowest BCUT2D eigenvalue weighted by Gasteiger charge is -2.26. The summed E-state index contributed by atoms with van der Waals surface area (Å²) in [5.41, 5.74) is 0.880. The van der Waals surface area contributed by atoms with Crippen LogP contribution >= 0.6 is 0 Å². The zero-order valence-electron chi connectivity index (χ0n) is 18.3. The zero-order valence-corrected chi connectivity index (χ0v) is 18.3. The van der Waals surface area contributed by atoms with E-state index in [4.69, 9.17) is 0 Å². The van der Waals surface area contributed by atoms with Crippen molar-refractivity contribution >= 4 is 23.3 Å². The Morgan fingerprint density at radius 1 is 0.938 bits per heavy atom. The fourth-order valence-electron chi connectivity index (χ4n) is 3.84. The first-order chi connectivity index (χ1) is 15.4. The van der Waals surface area contributed by atoms with Crippen LogP contribution in [-0.4, -0.2) is 43.0 Å². The molecule has 32 heavy (non-hydrogen) atoms. The van der Waals surface area contributed by atoms with Crippen molar-refractivity contribution in [3.63, 3.8) is 0 Å². The van der Waals surface area contributed by atoms with Gasteiger partial charge in [-0.25, -0.2) is 13.6 Å². The third-order valence-electron chi connectivity index (χ3n) is 5.43. The van der Waals surface area contributed by atoms with Gasteiger partial charge in [-0.05, 0) is 80.7 Å². The summed E-state index contributed by atoms with van der Waals surface area (Å²) in [5.74, 6) is -1.98. The maximum atomic E-state index is 14.6. The van der Waals surface area contributed by atoms with Crippen molar-refractivity contribution in [2.45, 2.75) is 39.0 Å². The second-order valence-corrected chi connectivity index (χ2v) is 8.07. The first kappa shape index (κ1) is 23.7. The number of urea groups is 1. The number of benzene rings is 2. The molecule has 3 N–H and O–H groups in total. The van der Waals surface area contributed by atoms with Gasteiger partial charge < -0.3 is 20.9 Å². The molecule has 2 aromatic carbocycles. The van der Waals surface area contributed by atoms with Crippen molar-refractivity contribution < 1.29 is 18.4 Å². The number of nitrogens with one attached hydrogen (secondary N) is 3. The predicted octanol–water partition coefficient (Wildman–Crippen LogP) is 4.98. The van der Waals surface area contributed by atoms with Crippen molar-refractivity contribution in [3.05, 3.63) is 48.0 Å². The fourth-order valence-corrected chi connectivity index (χ4v) is 3.84. The van der Waals surface area contributed by atoms with Crippen LogP contribution in [-0.2, 0) is 4.79 Å². The average Bonchev–Trinajstić information content (AvgIpc) is 2.76. The van der Waals surface area contributed by atoms with Gasteiger partial charge in [-0.2, -0.15) is 0 Å². The van der Waals surface area contributed by atoms with E-state index in [0.717, 1.165) is 44.6 Å². The van der Waals surface area contributed by atoms with Crippen LogP contribution in [0.4, 0.5) is 25.0 Å². The number of unbranched alkanes of at least 4 members (excludes halogenated alkanes) is 1. The van der Waals surface area contributed by atoms with E-state index >= 15 is 0 Å². The van der Waals surface area contributed by atoms with Crippen molar-refractivity contribution in [2.75, 3.05) is 36.8 Å². The van der Waals surface area contributed by atoms with Gasteiger partial charge in [0.15, 0.2) is 0 Å². The highest BCUT2D eigenvalue weighted by Gasteiger charge is 2.15. The second kappa shape index (κ2) is 11.6. The van der Waals surface area contributed by atoms with Gasteiger partial charge in [0.05, 0.1) is 0 Å². The minimum Gasteiger partial charge on any atom is -0.338 e. The third-order valence-corrected chi connectivity index (χ3v) is 5.43. The maximum Gasteiger partial charge on any atom is 0.319 e. The first-order valence-corrected chi connectivity index (χ1v) is 11.1. The zero-order chi connectivity index (χ0) is 22.9. The molecule has 172 valence electrons. The number of hydrogen-bond acceptors (Lipinski definition) is 3. The highest BCUT2D eigenvalue weighted by molar-refractivity contribution is 5.91. The molecule has 6 nitrogen and oxygen atoms in total. The van der Waals surface area contributed by atoms with Crippen molar-refractivity contribution in [2.24, 2.45) is 0 Å². The van der Waals surface area contributed by atoms with Crippen LogP contribution in [0.15, 0.2) is 36.4 Å². The van der Waals surface area contributed by atoms with E-state index in [9.17, 15) is 18.4 Å². The van der Waals surface area contributed by atoms with Crippen molar-refractivity contribution in [1.29, 1.82) is 0 Å². The molecular weight excluding hydrogens is 414 g/mol. The van der Waals surface area contributed by atoms with Gasteiger partial charge in [-0.15, -0.1) is 0 Å². The van der Waals surface area contributed by atoms with Crippen LogP contribution in [0.2, 0.25) is 0 Å². The molecule has 0 bridgehead atoms. The van der Waals surface area contributed by atoms with E-state index in [2.05, 4.69) is 20.9 Å². The molecule has 1 heterocycles. The Bertz CT molecular complexity index is 922. The fraction of sp³-hybridized carbons (Fsp3) is 0.417. The molecule has 0 unspecified atom stereocenters. The van der Waals surface area contributed by atoms with Gasteiger partial charge in [-0.3, -0.25) is 4.79 Å². The number of nitrogens with zero attached hydrogens (tertiary/aromatic N) is 1. The summed E-state index contributed by atoms with van der Waals surface area (Å²) in [5, 5.41) is 7.55. The number of amides is 3. The molecule has 1 saturated heterocycles. The van der Waals surface area contributed by atoms with E-state index in [1.54, 1.807) is 24.3 Å². The molecule has 1 aliphatic heterocycles. The largest absolute Gasteiger partial charge is 0.338 e. The summed E-state index contributed by atoms with van der Waals surface area (Å²) in [6, 6.07) is 8.35. The molecule has 1 aliphatic rings. The maximum absolute atomic E-state index is 14.6. The number of hydrogen-bond donors (Lipinski definition) is 3. The Morgan fingerprint density at radius 2 is 1.66 bits per heavy atom. The molecule has 0 aliphatic carbocycles. The van der Waals surface area contributed by atoms with Crippen molar-refractivity contribution in [3.8, 4) is 11.1 Å². The lowest BCUT2D eigenvalue weighted by molar-refractivity contribution is -0.114. The minimum absolute atomic E-state index is 0.239. The van der Waals surface area contributed by atoms with Crippen LogP contribution in [0.3, 0.4) is 0 Å². The summed E-state index contributed by atoms with van der Waals surface area (Å²) in [6.45, 7) is 5.11. The Kier molecular flexibility index (Phi) is 8.56. The Labute approximate surface area is 187 Å². The molecular formula is C24H30F2N4O2. The molecule has 2 aromatic rings. The number of carbonyl (C=O) groups is 2. The van der Waals surface area contributed by atoms with E-state index in [-0.39, 0.29) is 5.91 Å². The van der Waals surface area contributed by atoms with E-state index in [1.165, 1.54) is 26.2 Å². The highest BCUT2D eigenvalue weighted by Crippen LogP contribution is 2.29. The third kappa shape index (κ3) is 7.02. The summed E-state index contributed by atoms with van der Waals surface area (Å²) >= 11 is 0. The molecule has 1 fully saturated rings. The Morgan fingerprint density at radius 3 is 2.34 bits per heavy atom. The van der Waals surface area contributed by atoms with Gasteiger partial charge in [0, 0.05) is 19.2 Å². The van der Waals surface area contributed by atoms with Gasteiger partial charge >= 0.3 is 6.03 Å². The summed E-state index contributed by atoms with van der Waals surface area (Å²) in [7, 11) is 0. The number of halogens is 2. The predicted molar refractivity (Wildman–Crippen MR) is 123 cm³/mol. The topological polar surface area (TPSA) is 73.5 Å². The summed E-state index contributed by atoms with van der Waals surface area (Å²) in [4.78, 5) is 25.7. The molecule has 0 radical (unpaired) electrons. The smallest absolute Gasteiger partial charge is 0.319 e. The molecule has 3 amide bonds. The standard InChI is InChI=1S/C24H30F2N4O2/c1-17(31)28-20-9-7-8-18(14-20)19-15-21(25)23(22(26)16-19)29-24(32)27-10-3-6-13-30-11-4-2-5-12-30/h7-9,14-16H,2-6,10-13H2,1H3,(H,28,31)(H2,27,29,32). The molecule has 0 saturated carbocycles. The number of carbonyl (C=O) groups excluding carboxylic acids is 2. The number of piperidine rings is 1. The molecule has 8 heteroatoms. The van der Waals surface area contributed by atoms with Gasteiger partial charge in [-0.1, -0.05) is 18.6 Å². The monoisotopic (exact) mass is 444 g/mol. The quantitative estimate of drug-likeness (QED) is 0.503. The Balaban J connectivity index is 1.52. The summed E-state index contributed by atoms with van der Waals surface area (Å²) < 4.78 is 29.1. The van der Waals surface area contributed by atoms with E-state index in [0.29, 0.717) is 23.4 Å². The van der Waals surface area contributed by atoms with Gasteiger partial charge in [0.25, 0.3) is 0 Å². The van der Waals surface area contributed by atoms with Crippen molar-refractivity contribution in [1.82, 2.24) is 10.2 Å². The highest BCUT2D eigenvalue weighted by atomic mass is 19.1. The SMILES string of the molecule is CC(=O)Nc1cccc(-c2cc(F)c(NC(=O)NCCCCN3CCCCC3)c(F)c2)c1. The van der Waals surface area contributed by atoms with Crippen LogP contribution in [0.5, 0.6) is 0 Å². The molecule has 0 spiro atoms. The number of likely N-dealkylation sites (tertiary alicyclic amines) is 1. The molecule has 0 aromatic heterocycles. The van der Waals surface area contributed by atoms with Crippen LogP contribution in [0.1, 0.15) is 39.0 Å². The first-order valence-electron chi connectivity index (χ1n) is 11.1. The van der Waals surface area contributed by atoms with E-state index in [1.807, 2.05) is 0 Å². The minimum atomic E-state index is -0.870. The average molecular weight is 445 g/mol. The van der Waals surface area contributed by atoms with Gasteiger partial charge in [0.1, 0.15) is 17.3 Å². The van der Waals surface area contributed by atoms with Gasteiger partial charge in [0.2, 0.25) is 5.91 Å². The molecule has 3 rings (SSSR count). The van der Waals surface area contributed by atoms with Crippen LogP contribution < -0.4 is 16.0 Å². The number of rotatable bonds is 8. The number of anilines is 2. The second-order valence-electron chi connectivity index (χ2n) is 8.07. The van der Waals surface area contributed by atoms with Crippen LogP contribution in [0.25, 0.3) is 11.1 Å². The Hall–Kier alpha value is -3.00. The lowest BCUT2D eigenvalue weighted by atomic mass is 10.0. The normalized spacial score (nSPS) is 14.1. The van der Waals surface area contributed by atoms with E-state index < -0.39 is 23.4 Å². The molecule has 0 atom stereocenters. The summed E-state index contributed by atoms with van der Waals surface area (Å²) in [6.07, 6.45) is 5.57. The lowest BCUT2D eigenvalue weighted by Crippen LogP contribution is -2.32.